The van der Waals surface area contributed by atoms with Gasteiger partial charge in [-0.05, 0) is 19.8 Å². The molecule has 0 heterocycles. The highest BCUT2D eigenvalue weighted by molar-refractivity contribution is 5.93. The number of esters is 1. The summed E-state index contributed by atoms with van der Waals surface area (Å²) in [4.78, 5) is 15.6. The van der Waals surface area contributed by atoms with Crippen molar-refractivity contribution in [2.45, 2.75) is 39.2 Å². The van der Waals surface area contributed by atoms with E-state index in [4.69, 9.17) is 16.4 Å². The number of nitrogens with zero attached hydrogens (tertiary/aromatic N) is 2. The zero-order valence-electron chi connectivity index (χ0n) is 10.6. The van der Waals surface area contributed by atoms with E-state index in [2.05, 4.69) is 10.9 Å². The highest BCUT2D eigenvalue weighted by Gasteiger charge is 2.23. The van der Waals surface area contributed by atoms with E-state index < -0.39 is 17.4 Å². The van der Waals surface area contributed by atoms with Crippen LogP contribution in [0, 0.1) is 29.6 Å². The summed E-state index contributed by atoms with van der Waals surface area (Å²) in [5, 5.41) is 8.84. The Balaban J connectivity index is 4.85. The number of rotatable bonds is 6. The Morgan fingerprint density at radius 2 is 2.12 bits per heavy atom. The SMILES string of the molecule is C#CC(CC)(CC)N=CC(C#N)C(=O)OCC. The third-order valence-corrected chi connectivity index (χ3v) is 2.59. The van der Waals surface area contributed by atoms with E-state index in [1.54, 1.807) is 6.92 Å². The molecule has 0 aliphatic carbocycles. The van der Waals surface area contributed by atoms with Crippen LogP contribution in [0.1, 0.15) is 33.6 Å². The standard InChI is InChI=1S/C13H18N2O2/c1-5-13(6-2,7-3)15-10-11(9-14)12(16)17-8-4/h1,10-11H,6-8H2,2-4H3. The highest BCUT2D eigenvalue weighted by Crippen LogP contribution is 2.19. The van der Waals surface area contributed by atoms with Crippen molar-refractivity contribution in [1.29, 1.82) is 5.26 Å². The van der Waals surface area contributed by atoms with Crippen LogP contribution in [0.3, 0.4) is 0 Å². The molecule has 0 aliphatic heterocycles. The number of carbonyl (C=O) groups excluding carboxylic acids is 1. The molecule has 4 heteroatoms. The summed E-state index contributed by atoms with van der Waals surface area (Å²) in [6.07, 6.45) is 8.05. The second-order valence-electron chi connectivity index (χ2n) is 3.52. The zero-order chi connectivity index (χ0) is 13.3. The molecule has 0 aromatic rings. The van der Waals surface area contributed by atoms with Gasteiger partial charge in [-0.1, -0.05) is 19.8 Å². The molecule has 0 rings (SSSR count). The summed E-state index contributed by atoms with van der Waals surface area (Å²) in [5.74, 6) is 1.03. The number of terminal acetylenes is 1. The van der Waals surface area contributed by atoms with Crippen molar-refractivity contribution in [2.75, 3.05) is 6.61 Å². The van der Waals surface area contributed by atoms with E-state index in [0.29, 0.717) is 12.8 Å². The summed E-state index contributed by atoms with van der Waals surface area (Å²) in [6, 6.07) is 1.84. The van der Waals surface area contributed by atoms with Crippen LogP contribution in [0.2, 0.25) is 0 Å². The van der Waals surface area contributed by atoms with Crippen LogP contribution in [0.15, 0.2) is 4.99 Å². The van der Waals surface area contributed by atoms with Crippen molar-refractivity contribution >= 4 is 12.2 Å². The molecule has 0 aliphatic rings. The number of hydrogen-bond acceptors (Lipinski definition) is 4. The number of hydrogen-bond donors (Lipinski definition) is 0. The van der Waals surface area contributed by atoms with Crippen LogP contribution >= 0.6 is 0 Å². The number of aliphatic imine (C=N–C) groups is 1. The van der Waals surface area contributed by atoms with Gasteiger partial charge in [-0.3, -0.25) is 9.79 Å². The second kappa shape index (κ2) is 7.46. The molecule has 0 amide bonds. The van der Waals surface area contributed by atoms with E-state index in [1.807, 2.05) is 19.9 Å². The Morgan fingerprint density at radius 3 is 2.47 bits per heavy atom. The smallest absolute Gasteiger partial charge is 0.328 e. The van der Waals surface area contributed by atoms with E-state index in [9.17, 15) is 4.79 Å². The van der Waals surface area contributed by atoms with Gasteiger partial charge in [-0.25, -0.2) is 0 Å². The van der Waals surface area contributed by atoms with Crippen LogP contribution in [-0.4, -0.2) is 24.3 Å². The molecule has 4 nitrogen and oxygen atoms in total. The average Bonchev–Trinajstić information content (AvgIpc) is 2.36. The van der Waals surface area contributed by atoms with Crippen molar-refractivity contribution in [3.63, 3.8) is 0 Å². The van der Waals surface area contributed by atoms with Crippen molar-refractivity contribution in [2.24, 2.45) is 10.9 Å². The lowest BCUT2D eigenvalue weighted by Gasteiger charge is -2.20. The van der Waals surface area contributed by atoms with Crippen LogP contribution in [0.5, 0.6) is 0 Å². The number of nitriles is 1. The monoisotopic (exact) mass is 234 g/mol. The minimum absolute atomic E-state index is 0.243. The van der Waals surface area contributed by atoms with Crippen molar-refractivity contribution in [3.05, 3.63) is 0 Å². The van der Waals surface area contributed by atoms with Crippen molar-refractivity contribution < 1.29 is 9.53 Å². The molecule has 0 radical (unpaired) electrons. The van der Waals surface area contributed by atoms with E-state index >= 15 is 0 Å². The number of ether oxygens (including phenoxy) is 1. The van der Waals surface area contributed by atoms with Gasteiger partial charge >= 0.3 is 5.97 Å². The maximum Gasteiger partial charge on any atom is 0.328 e. The van der Waals surface area contributed by atoms with E-state index in [-0.39, 0.29) is 6.61 Å². The molecular formula is C13H18N2O2. The zero-order valence-corrected chi connectivity index (χ0v) is 10.6. The minimum Gasteiger partial charge on any atom is -0.465 e. The predicted octanol–water partition coefficient (Wildman–Crippen LogP) is 1.95. The molecular weight excluding hydrogens is 216 g/mol. The fourth-order valence-electron chi connectivity index (χ4n) is 1.27. The van der Waals surface area contributed by atoms with Gasteiger partial charge in [0.2, 0.25) is 0 Å². The van der Waals surface area contributed by atoms with Gasteiger partial charge in [0, 0.05) is 6.21 Å². The van der Waals surface area contributed by atoms with Crippen LogP contribution in [0.25, 0.3) is 0 Å². The maximum atomic E-state index is 11.4. The van der Waals surface area contributed by atoms with Crippen LogP contribution in [0.4, 0.5) is 0 Å². The van der Waals surface area contributed by atoms with Crippen molar-refractivity contribution in [1.82, 2.24) is 0 Å². The Morgan fingerprint density at radius 1 is 1.53 bits per heavy atom. The average molecular weight is 234 g/mol. The molecule has 0 spiro atoms. The molecule has 0 saturated heterocycles. The fourth-order valence-corrected chi connectivity index (χ4v) is 1.27. The lowest BCUT2D eigenvalue weighted by atomic mass is 9.95. The van der Waals surface area contributed by atoms with Gasteiger partial charge in [-0.2, -0.15) is 5.26 Å². The van der Waals surface area contributed by atoms with Gasteiger partial charge in [0.15, 0.2) is 5.92 Å². The van der Waals surface area contributed by atoms with E-state index in [0.717, 1.165) is 0 Å². The molecule has 0 N–H and O–H groups in total. The Bertz CT molecular complexity index is 357. The summed E-state index contributed by atoms with van der Waals surface area (Å²) < 4.78 is 4.76. The van der Waals surface area contributed by atoms with Crippen LogP contribution in [-0.2, 0) is 9.53 Å². The first kappa shape index (κ1) is 15.2. The molecule has 1 atom stereocenters. The molecule has 92 valence electrons. The first-order valence-corrected chi connectivity index (χ1v) is 5.68. The van der Waals surface area contributed by atoms with E-state index in [1.165, 1.54) is 6.21 Å². The summed E-state index contributed by atoms with van der Waals surface area (Å²) in [6.45, 7) is 5.78. The minimum atomic E-state index is -0.985. The highest BCUT2D eigenvalue weighted by atomic mass is 16.5. The molecule has 0 aromatic carbocycles. The molecule has 0 saturated carbocycles. The van der Waals surface area contributed by atoms with Gasteiger partial charge in [0.1, 0.15) is 5.54 Å². The topological polar surface area (TPSA) is 62.5 Å². The quantitative estimate of drug-likeness (QED) is 0.401. The normalized spacial score (nSPS) is 12.8. The second-order valence-corrected chi connectivity index (χ2v) is 3.52. The third kappa shape index (κ3) is 4.28. The molecule has 1 unspecified atom stereocenters. The lowest BCUT2D eigenvalue weighted by Crippen LogP contribution is -2.25. The summed E-state index contributed by atoms with van der Waals surface area (Å²) in [7, 11) is 0. The third-order valence-electron chi connectivity index (χ3n) is 2.59. The molecule has 0 aromatic heterocycles. The van der Waals surface area contributed by atoms with Gasteiger partial charge in [0.05, 0.1) is 12.7 Å². The Hall–Kier alpha value is -1.81. The number of carbonyl (C=O) groups is 1. The summed E-state index contributed by atoms with van der Waals surface area (Å²) in [5.41, 5.74) is -0.623. The lowest BCUT2D eigenvalue weighted by molar-refractivity contribution is -0.143. The first-order chi connectivity index (χ1) is 8.09. The Kier molecular flexibility index (Phi) is 6.67. The largest absolute Gasteiger partial charge is 0.465 e. The Labute approximate surface area is 103 Å². The molecule has 0 bridgehead atoms. The predicted molar refractivity (Wildman–Crippen MR) is 66.4 cm³/mol. The molecule has 0 fully saturated rings. The van der Waals surface area contributed by atoms with Gasteiger partial charge in [0.25, 0.3) is 0 Å². The maximum absolute atomic E-state index is 11.4. The van der Waals surface area contributed by atoms with Crippen LogP contribution < -0.4 is 0 Å². The van der Waals surface area contributed by atoms with Gasteiger partial charge < -0.3 is 4.74 Å². The van der Waals surface area contributed by atoms with Gasteiger partial charge in [-0.15, -0.1) is 6.42 Å². The summed E-state index contributed by atoms with van der Waals surface area (Å²) >= 11 is 0. The molecule has 17 heavy (non-hydrogen) atoms. The first-order valence-electron chi connectivity index (χ1n) is 5.68. The van der Waals surface area contributed by atoms with Crippen molar-refractivity contribution in [3.8, 4) is 18.4 Å². The fraction of sp³-hybridized carbons (Fsp3) is 0.615.